The van der Waals surface area contributed by atoms with Gasteiger partial charge in [0.05, 0.1) is 0 Å². The van der Waals surface area contributed by atoms with Crippen molar-refractivity contribution in [3.8, 4) is 0 Å². The molecule has 0 unspecified atom stereocenters. The molecule has 4 aliphatic heterocycles. The van der Waals surface area contributed by atoms with E-state index >= 15 is 0 Å². The molecule has 0 aliphatic carbocycles. The van der Waals surface area contributed by atoms with Crippen molar-refractivity contribution in [1.29, 1.82) is 0 Å². The number of nitrogens with zero attached hydrogens (tertiary/aromatic N) is 4. The first-order valence-electron chi connectivity index (χ1n) is 15.8. The number of carbonyl (C=O) groups is 2. The second-order valence-electron chi connectivity index (χ2n) is 12.6. The number of carbonyl (C=O) groups excluding carboxylic acids is 2. The van der Waals surface area contributed by atoms with Gasteiger partial charge in [-0.1, -0.05) is 73.5 Å². The van der Waals surface area contributed by atoms with Crippen LogP contribution in [-0.4, -0.2) is 81.8 Å². The summed E-state index contributed by atoms with van der Waals surface area (Å²) in [5, 5.41) is 0. The van der Waals surface area contributed by atoms with E-state index in [1.165, 1.54) is 36.8 Å². The highest BCUT2D eigenvalue weighted by molar-refractivity contribution is 5.77. The van der Waals surface area contributed by atoms with E-state index in [-0.39, 0.29) is 0 Å². The quantitative estimate of drug-likeness (QED) is 0.372. The molecular formula is C34H46N4O2. The summed E-state index contributed by atoms with van der Waals surface area (Å²) in [4.78, 5) is 35.5. The molecule has 2 amide bonds. The summed E-state index contributed by atoms with van der Waals surface area (Å²) < 4.78 is 0. The fourth-order valence-corrected chi connectivity index (χ4v) is 7.71. The molecular weight excluding hydrogens is 496 g/mol. The van der Waals surface area contributed by atoms with E-state index in [9.17, 15) is 9.59 Å². The number of hydrogen-bond acceptors (Lipinski definition) is 4. The zero-order valence-electron chi connectivity index (χ0n) is 24.0. The Kier molecular flexibility index (Phi) is 8.83. The SMILES string of the molecule is O=C(CCCCCCC(=O)N1C[C@H]2CC[C@@H](C1)N2Cc1ccccc1)N1C[C@H]2CC[C@@H](C1)N2Cc1ccccc1. The van der Waals surface area contributed by atoms with Crippen LogP contribution < -0.4 is 0 Å². The van der Waals surface area contributed by atoms with Gasteiger partial charge >= 0.3 is 0 Å². The van der Waals surface area contributed by atoms with Crippen LogP contribution in [0.2, 0.25) is 0 Å². The van der Waals surface area contributed by atoms with Gasteiger partial charge < -0.3 is 9.80 Å². The Balaban J connectivity index is 0.859. The number of hydrogen-bond donors (Lipinski definition) is 0. The lowest BCUT2D eigenvalue weighted by molar-refractivity contribution is -0.135. The van der Waals surface area contributed by atoms with Gasteiger partial charge in [0.2, 0.25) is 11.8 Å². The third kappa shape index (κ3) is 6.44. The Morgan fingerprint density at radius 1 is 0.525 bits per heavy atom. The smallest absolute Gasteiger partial charge is 0.222 e. The number of amides is 2. The van der Waals surface area contributed by atoms with E-state index in [0.717, 1.165) is 65.0 Å². The van der Waals surface area contributed by atoms with Crippen LogP contribution in [-0.2, 0) is 22.7 Å². The first kappa shape index (κ1) is 27.5. The molecule has 4 saturated heterocycles. The highest BCUT2D eigenvalue weighted by Gasteiger charge is 2.42. The second-order valence-corrected chi connectivity index (χ2v) is 12.6. The molecule has 0 radical (unpaired) electrons. The van der Waals surface area contributed by atoms with Crippen molar-refractivity contribution in [2.75, 3.05) is 26.2 Å². The molecule has 4 bridgehead atoms. The molecule has 4 fully saturated rings. The van der Waals surface area contributed by atoms with Gasteiger partial charge in [0.15, 0.2) is 0 Å². The first-order valence-corrected chi connectivity index (χ1v) is 15.8. The van der Waals surface area contributed by atoms with E-state index in [1.807, 2.05) is 0 Å². The Hall–Kier alpha value is -2.70. The zero-order valence-corrected chi connectivity index (χ0v) is 24.0. The van der Waals surface area contributed by atoms with Crippen LogP contribution >= 0.6 is 0 Å². The van der Waals surface area contributed by atoms with Crippen molar-refractivity contribution in [2.45, 2.75) is 101 Å². The Bertz CT molecular complexity index is 1010. The molecule has 40 heavy (non-hydrogen) atoms. The summed E-state index contributed by atoms with van der Waals surface area (Å²) in [6.45, 7) is 5.55. The Labute approximate surface area is 240 Å². The summed E-state index contributed by atoms with van der Waals surface area (Å²) in [6, 6.07) is 23.5. The van der Waals surface area contributed by atoms with Crippen LogP contribution in [0, 0.1) is 0 Å². The van der Waals surface area contributed by atoms with Crippen LogP contribution in [0.5, 0.6) is 0 Å². The third-order valence-electron chi connectivity index (χ3n) is 9.92. The lowest BCUT2D eigenvalue weighted by Gasteiger charge is -2.41. The van der Waals surface area contributed by atoms with E-state index in [4.69, 9.17) is 0 Å². The topological polar surface area (TPSA) is 47.1 Å². The molecule has 2 aromatic carbocycles. The van der Waals surface area contributed by atoms with Gasteiger partial charge in [0.1, 0.15) is 0 Å². The largest absolute Gasteiger partial charge is 0.340 e. The Morgan fingerprint density at radius 2 is 0.875 bits per heavy atom. The lowest BCUT2D eigenvalue weighted by atomic mass is 10.1. The van der Waals surface area contributed by atoms with Crippen molar-refractivity contribution in [3.05, 3.63) is 71.8 Å². The van der Waals surface area contributed by atoms with Gasteiger partial charge in [0, 0.05) is 76.3 Å². The molecule has 0 saturated carbocycles. The second kappa shape index (κ2) is 12.9. The van der Waals surface area contributed by atoms with E-state index < -0.39 is 0 Å². The van der Waals surface area contributed by atoms with E-state index in [1.54, 1.807) is 0 Å². The third-order valence-corrected chi connectivity index (χ3v) is 9.92. The lowest BCUT2D eigenvalue weighted by Crippen LogP contribution is -2.54. The first-order chi connectivity index (χ1) is 19.6. The van der Waals surface area contributed by atoms with Crippen molar-refractivity contribution in [2.24, 2.45) is 0 Å². The number of rotatable bonds is 11. The number of piperazine rings is 2. The minimum atomic E-state index is 0.330. The van der Waals surface area contributed by atoms with Crippen LogP contribution in [0.15, 0.2) is 60.7 Å². The van der Waals surface area contributed by atoms with Crippen molar-refractivity contribution >= 4 is 11.8 Å². The number of likely N-dealkylation sites (tertiary alicyclic amines) is 2. The summed E-state index contributed by atoms with van der Waals surface area (Å²) in [5.41, 5.74) is 2.74. The fourth-order valence-electron chi connectivity index (χ4n) is 7.71. The summed E-state index contributed by atoms with van der Waals surface area (Å²) in [7, 11) is 0. The minimum absolute atomic E-state index is 0.330. The predicted molar refractivity (Wildman–Crippen MR) is 158 cm³/mol. The Morgan fingerprint density at radius 3 is 1.23 bits per heavy atom. The van der Waals surface area contributed by atoms with Gasteiger partial charge in [-0.3, -0.25) is 19.4 Å². The highest BCUT2D eigenvalue weighted by atomic mass is 16.2. The van der Waals surface area contributed by atoms with E-state index in [0.29, 0.717) is 48.8 Å². The number of fused-ring (bicyclic) bond motifs is 4. The van der Waals surface area contributed by atoms with Gasteiger partial charge in [-0.05, 0) is 49.7 Å². The highest BCUT2D eigenvalue weighted by Crippen LogP contribution is 2.33. The standard InChI is InChI=1S/C34H46N4O2/c39-33(35-23-29-17-18-30(24-35)37(29)21-27-11-5-3-6-12-27)15-9-1-2-10-16-34(40)36-25-31-19-20-32(26-36)38(31)22-28-13-7-4-8-14-28/h3-8,11-14,29-32H,1-2,9-10,15-26H2/t29-,30+,31-,32+. The van der Waals surface area contributed by atoms with Crippen LogP contribution in [0.3, 0.4) is 0 Å². The van der Waals surface area contributed by atoms with Crippen LogP contribution in [0.4, 0.5) is 0 Å². The molecule has 0 aromatic heterocycles. The molecule has 0 N–H and O–H groups in total. The normalized spacial score (nSPS) is 26.4. The van der Waals surface area contributed by atoms with Crippen LogP contribution in [0.25, 0.3) is 0 Å². The van der Waals surface area contributed by atoms with Crippen molar-refractivity contribution in [1.82, 2.24) is 19.6 Å². The molecule has 214 valence electrons. The fraction of sp³-hybridized carbons (Fsp3) is 0.588. The molecule has 0 spiro atoms. The molecule has 6 rings (SSSR count). The van der Waals surface area contributed by atoms with Gasteiger partial charge in [-0.2, -0.15) is 0 Å². The molecule has 6 nitrogen and oxygen atoms in total. The molecule has 4 aliphatic rings. The number of benzene rings is 2. The average Bonchev–Trinajstić information content (AvgIpc) is 3.33. The van der Waals surface area contributed by atoms with Crippen LogP contribution in [0.1, 0.15) is 75.3 Å². The molecule has 6 heteroatoms. The van der Waals surface area contributed by atoms with Gasteiger partial charge in [-0.15, -0.1) is 0 Å². The average molecular weight is 543 g/mol. The molecule has 4 atom stereocenters. The van der Waals surface area contributed by atoms with Gasteiger partial charge in [-0.25, -0.2) is 0 Å². The summed E-state index contributed by atoms with van der Waals surface area (Å²) in [5.74, 6) is 0.660. The maximum atomic E-state index is 13.0. The van der Waals surface area contributed by atoms with Gasteiger partial charge in [0.25, 0.3) is 0 Å². The zero-order chi connectivity index (χ0) is 27.3. The molecule has 4 heterocycles. The van der Waals surface area contributed by atoms with E-state index in [2.05, 4.69) is 80.3 Å². The summed E-state index contributed by atoms with van der Waals surface area (Å²) in [6.07, 6.45) is 10.1. The maximum Gasteiger partial charge on any atom is 0.222 e. The van der Waals surface area contributed by atoms with Crippen molar-refractivity contribution in [3.63, 3.8) is 0 Å². The molecule has 2 aromatic rings. The predicted octanol–water partition coefficient (Wildman–Crippen LogP) is 5.08. The monoisotopic (exact) mass is 542 g/mol. The maximum absolute atomic E-state index is 13.0. The number of unbranched alkanes of at least 4 members (excludes halogenated alkanes) is 3. The van der Waals surface area contributed by atoms with Crippen molar-refractivity contribution < 1.29 is 9.59 Å². The summed E-state index contributed by atoms with van der Waals surface area (Å²) >= 11 is 0. The minimum Gasteiger partial charge on any atom is -0.340 e.